The minimum absolute atomic E-state index is 0.0566. The Bertz CT molecular complexity index is 227. The number of hydrogen-bond donors (Lipinski definition) is 1. The average molecular weight is 209 g/mol. The lowest BCUT2D eigenvalue weighted by Crippen LogP contribution is -2.38. The van der Waals surface area contributed by atoms with Gasteiger partial charge in [-0.25, -0.2) is 0 Å². The first kappa shape index (κ1) is 12.3. The summed E-state index contributed by atoms with van der Waals surface area (Å²) in [7, 11) is 0. The zero-order valence-corrected chi connectivity index (χ0v) is 10.0. The van der Waals surface area contributed by atoms with E-state index in [1.54, 1.807) is 0 Å². The molecule has 0 bridgehead atoms. The van der Waals surface area contributed by atoms with Crippen molar-refractivity contribution in [1.29, 1.82) is 0 Å². The Balaban J connectivity index is 2.41. The standard InChI is InChI=1S/C13H23NO/c1-4-12(15)14-10-13(2,3)11-8-6-5-7-9-11/h4,11H,1,5-10H2,2-3H3,(H,14,15). The van der Waals surface area contributed by atoms with Gasteiger partial charge < -0.3 is 5.32 Å². The number of carbonyl (C=O) groups is 1. The van der Waals surface area contributed by atoms with Crippen LogP contribution in [0.25, 0.3) is 0 Å². The van der Waals surface area contributed by atoms with Crippen molar-refractivity contribution in [2.24, 2.45) is 11.3 Å². The van der Waals surface area contributed by atoms with Gasteiger partial charge in [0.05, 0.1) is 0 Å². The number of hydrogen-bond acceptors (Lipinski definition) is 1. The summed E-state index contributed by atoms with van der Waals surface area (Å²) in [5.74, 6) is 0.704. The summed E-state index contributed by atoms with van der Waals surface area (Å²) in [6.07, 6.45) is 8.06. The Labute approximate surface area is 93.1 Å². The smallest absolute Gasteiger partial charge is 0.243 e. The van der Waals surface area contributed by atoms with E-state index in [1.807, 2.05) is 0 Å². The largest absolute Gasteiger partial charge is 0.352 e. The molecule has 1 saturated carbocycles. The highest BCUT2D eigenvalue weighted by atomic mass is 16.1. The summed E-state index contributed by atoms with van der Waals surface area (Å²) in [5, 5.41) is 2.91. The lowest BCUT2D eigenvalue weighted by molar-refractivity contribution is -0.117. The number of carbonyl (C=O) groups excluding carboxylic acids is 1. The molecular formula is C13H23NO. The molecule has 86 valence electrons. The van der Waals surface area contributed by atoms with Crippen LogP contribution >= 0.6 is 0 Å². The minimum Gasteiger partial charge on any atom is -0.352 e. The topological polar surface area (TPSA) is 29.1 Å². The summed E-state index contributed by atoms with van der Waals surface area (Å²) < 4.78 is 0. The van der Waals surface area contributed by atoms with Crippen LogP contribution in [0, 0.1) is 11.3 Å². The van der Waals surface area contributed by atoms with Crippen molar-refractivity contribution < 1.29 is 4.79 Å². The van der Waals surface area contributed by atoms with Gasteiger partial charge in [0.2, 0.25) is 5.91 Å². The fraction of sp³-hybridized carbons (Fsp3) is 0.769. The summed E-state index contributed by atoms with van der Waals surface area (Å²) >= 11 is 0. The molecule has 0 atom stereocenters. The van der Waals surface area contributed by atoms with E-state index in [0.717, 1.165) is 12.5 Å². The molecule has 1 amide bonds. The normalized spacial score (nSPS) is 18.5. The molecule has 1 aliphatic carbocycles. The van der Waals surface area contributed by atoms with Gasteiger partial charge >= 0.3 is 0 Å². The van der Waals surface area contributed by atoms with Crippen LogP contribution in [0.1, 0.15) is 46.0 Å². The van der Waals surface area contributed by atoms with E-state index < -0.39 is 0 Å². The van der Waals surface area contributed by atoms with Crippen LogP contribution in [0.2, 0.25) is 0 Å². The van der Waals surface area contributed by atoms with Crippen LogP contribution in [-0.2, 0) is 4.79 Å². The zero-order valence-electron chi connectivity index (χ0n) is 10.0. The van der Waals surface area contributed by atoms with E-state index in [0.29, 0.717) is 0 Å². The summed E-state index contributed by atoms with van der Waals surface area (Å²) in [6.45, 7) is 8.74. The Morgan fingerprint density at radius 3 is 2.53 bits per heavy atom. The van der Waals surface area contributed by atoms with E-state index >= 15 is 0 Å². The molecule has 0 unspecified atom stereocenters. The molecule has 0 aliphatic heterocycles. The second-order valence-corrected chi connectivity index (χ2v) is 5.25. The lowest BCUT2D eigenvalue weighted by atomic mass is 9.71. The van der Waals surface area contributed by atoms with Crippen molar-refractivity contribution in [3.05, 3.63) is 12.7 Å². The molecule has 15 heavy (non-hydrogen) atoms. The molecule has 2 heteroatoms. The maximum Gasteiger partial charge on any atom is 0.243 e. The first-order chi connectivity index (χ1) is 7.06. The Kier molecular flexibility index (Phi) is 4.37. The van der Waals surface area contributed by atoms with Crippen LogP contribution in [0.3, 0.4) is 0 Å². The molecule has 1 aliphatic rings. The van der Waals surface area contributed by atoms with Gasteiger partial charge in [-0.15, -0.1) is 0 Å². The van der Waals surface area contributed by atoms with E-state index in [9.17, 15) is 4.79 Å². The van der Waals surface area contributed by atoms with Crippen molar-refractivity contribution in [2.45, 2.75) is 46.0 Å². The zero-order chi connectivity index (χ0) is 11.3. The second kappa shape index (κ2) is 5.34. The molecule has 1 N–H and O–H groups in total. The Hall–Kier alpha value is -0.790. The fourth-order valence-corrected chi connectivity index (χ4v) is 2.42. The molecule has 0 aromatic rings. The monoisotopic (exact) mass is 209 g/mol. The second-order valence-electron chi connectivity index (χ2n) is 5.25. The summed E-state index contributed by atoms with van der Waals surface area (Å²) in [5.41, 5.74) is 0.221. The van der Waals surface area contributed by atoms with Crippen LogP contribution in [0.15, 0.2) is 12.7 Å². The predicted molar refractivity (Wildman–Crippen MR) is 63.6 cm³/mol. The van der Waals surface area contributed by atoms with E-state index in [1.165, 1.54) is 38.2 Å². The van der Waals surface area contributed by atoms with Gasteiger partial charge in [0.25, 0.3) is 0 Å². The van der Waals surface area contributed by atoms with E-state index in [4.69, 9.17) is 0 Å². The third kappa shape index (κ3) is 3.69. The Morgan fingerprint density at radius 2 is 2.00 bits per heavy atom. The summed E-state index contributed by atoms with van der Waals surface area (Å²) in [4.78, 5) is 11.1. The van der Waals surface area contributed by atoms with E-state index in [2.05, 4.69) is 25.7 Å². The van der Waals surface area contributed by atoms with Gasteiger partial charge in [0.15, 0.2) is 0 Å². The van der Waals surface area contributed by atoms with Gasteiger partial charge in [-0.2, -0.15) is 0 Å². The molecule has 0 saturated heterocycles. The first-order valence-electron chi connectivity index (χ1n) is 5.96. The number of nitrogens with one attached hydrogen (secondary N) is 1. The van der Waals surface area contributed by atoms with Crippen LogP contribution in [0.5, 0.6) is 0 Å². The maximum atomic E-state index is 11.1. The molecular weight excluding hydrogens is 186 g/mol. The quantitative estimate of drug-likeness (QED) is 0.709. The molecule has 0 heterocycles. The first-order valence-corrected chi connectivity index (χ1v) is 5.96. The number of rotatable bonds is 4. The Morgan fingerprint density at radius 1 is 1.40 bits per heavy atom. The molecule has 2 nitrogen and oxygen atoms in total. The highest BCUT2D eigenvalue weighted by Gasteiger charge is 2.30. The minimum atomic E-state index is -0.0566. The van der Waals surface area contributed by atoms with Gasteiger partial charge in [-0.05, 0) is 30.3 Å². The SMILES string of the molecule is C=CC(=O)NCC(C)(C)C1CCCCC1. The van der Waals surface area contributed by atoms with Gasteiger partial charge in [-0.3, -0.25) is 4.79 Å². The van der Waals surface area contributed by atoms with Crippen LogP contribution in [0.4, 0.5) is 0 Å². The molecule has 0 spiro atoms. The van der Waals surface area contributed by atoms with Crippen molar-refractivity contribution >= 4 is 5.91 Å². The molecule has 1 rings (SSSR count). The molecule has 0 aromatic heterocycles. The molecule has 0 radical (unpaired) electrons. The molecule has 1 fully saturated rings. The highest BCUT2D eigenvalue weighted by Crippen LogP contribution is 2.37. The van der Waals surface area contributed by atoms with Crippen molar-refractivity contribution in [2.75, 3.05) is 6.54 Å². The van der Waals surface area contributed by atoms with Crippen LogP contribution in [-0.4, -0.2) is 12.5 Å². The average Bonchev–Trinajstić information content (AvgIpc) is 2.27. The highest BCUT2D eigenvalue weighted by molar-refractivity contribution is 5.86. The van der Waals surface area contributed by atoms with Gasteiger partial charge in [0.1, 0.15) is 0 Å². The third-order valence-electron chi connectivity index (χ3n) is 3.61. The maximum absolute atomic E-state index is 11.1. The van der Waals surface area contributed by atoms with Crippen molar-refractivity contribution in [3.63, 3.8) is 0 Å². The predicted octanol–water partition coefficient (Wildman–Crippen LogP) is 2.90. The lowest BCUT2D eigenvalue weighted by Gasteiger charge is -2.37. The fourth-order valence-electron chi connectivity index (χ4n) is 2.42. The van der Waals surface area contributed by atoms with Gasteiger partial charge in [0, 0.05) is 6.54 Å². The van der Waals surface area contributed by atoms with E-state index in [-0.39, 0.29) is 11.3 Å². The van der Waals surface area contributed by atoms with Crippen LogP contribution < -0.4 is 5.32 Å². The summed E-state index contributed by atoms with van der Waals surface area (Å²) in [6, 6.07) is 0. The van der Waals surface area contributed by atoms with Crippen molar-refractivity contribution in [1.82, 2.24) is 5.32 Å². The number of amides is 1. The third-order valence-corrected chi connectivity index (χ3v) is 3.61. The van der Waals surface area contributed by atoms with Gasteiger partial charge in [-0.1, -0.05) is 39.7 Å². The molecule has 0 aromatic carbocycles. The van der Waals surface area contributed by atoms with Crippen molar-refractivity contribution in [3.8, 4) is 0 Å².